The van der Waals surface area contributed by atoms with Crippen LogP contribution in [0.25, 0.3) is 0 Å². The van der Waals surface area contributed by atoms with E-state index in [1.807, 2.05) is 11.6 Å². The standard InChI is InChI=1S/C12H19BrN2O2/c1-7(2)15-11(10(13)6-14-15)12(16)9-4-5-17-8(9)3/h6-9,12,16H,4-5H2,1-3H3. The Balaban J connectivity index is 2.29. The summed E-state index contributed by atoms with van der Waals surface area (Å²) in [5, 5.41) is 14.8. The summed E-state index contributed by atoms with van der Waals surface area (Å²) < 4.78 is 8.27. The van der Waals surface area contributed by atoms with Crippen molar-refractivity contribution in [3.8, 4) is 0 Å². The van der Waals surface area contributed by atoms with Gasteiger partial charge < -0.3 is 9.84 Å². The van der Waals surface area contributed by atoms with Crippen LogP contribution in [0.4, 0.5) is 0 Å². The first kappa shape index (κ1) is 13.1. The Morgan fingerprint density at radius 2 is 2.29 bits per heavy atom. The Bertz CT molecular complexity index is 392. The Hall–Kier alpha value is -0.390. The van der Waals surface area contributed by atoms with E-state index in [0.717, 1.165) is 23.2 Å². The van der Waals surface area contributed by atoms with Gasteiger partial charge in [0.15, 0.2) is 0 Å². The fourth-order valence-electron chi connectivity index (χ4n) is 2.40. The molecule has 2 rings (SSSR count). The maximum absolute atomic E-state index is 10.5. The van der Waals surface area contributed by atoms with Crippen molar-refractivity contribution in [2.24, 2.45) is 5.92 Å². The predicted octanol–water partition coefficient (Wildman–Crippen LogP) is 2.68. The van der Waals surface area contributed by atoms with Gasteiger partial charge in [-0.25, -0.2) is 0 Å². The number of hydrogen-bond donors (Lipinski definition) is 1. The fourth-order valence-corrected chi connectivity index (χ4v) is 2.91. The van der Waals surface area contributed by atoms with Crippen molar-refractivity contribution in [1.82, 2.24) is 9.78 Å². The van der Waals surface area contributed by atoms with E-state index in [4.69, 9.17) is 4.74 Å². The molecule has 96 valence electrons. The Labute approximate surface area is 110 Å². The first-order valence-electron chi connectivity index (χ1n) is 6.05. The number of aliphatic hydroxyl groups is 1. The Morgan fingerprint density at radius 1 is 1.59 bits per heavy atom. The van der Waals surface area contributed by atoms with Gasteiger partial charge >= 0.3 is 0 Å². The molecule has 5 heteroatoms. The van der Waals surface area contributed by atoms with E-state index >= 15 is 0 Å². The molecule has 1 aromatic heterocycles. The number of nitrogens with zero attached hydrogens (tertiary/aromatic N) is 2. The quantitative estimate of drug-likeness (QED) is 0.934. The van der Waals surface area contributed by atoms with Crippen LogP contribution < -0.4 is 0 Å². The molecule has 2 heterocycles. The van der Waals surface area contributed by atoms with Crippen molar-refractivity contribution in [2.75, 3.05) is 6.61 Å². The molecule has 0 radical (unpaired) electrons. The van der Waals surface area contributed by atoms with Crippen molar-refractivity contribution in [1.29, 1.82) is 0 Å². The summed E-state index contributed by atoms with van der Waals surface area (Å²) in [6.07, 6.45) is 2.23. The van der Waals surface area contributed by atoms with Gasteiger partial charge in [-0.05, 0) is 43.1 Å². The highest BCUT2D eigenvalue weighted by Gasteiger charge is 2.34. The molecule has 3 unspecified atom stereocenters. The predicted molar refractivity (Wildman–Crippen MR) is 68.8 cm³/mol. The lowest BCUT2D eigenvalue weighted by Crippen LogP contribution is -2.23. The van der Waals surface area contributed by atoms with E-state index in [-0.39, 0.29) is 18.1 Å². The van der Waals surface area contributed by atoms with Gasteiger partial charge in [-0.2, -0.15) is 5.10 Å². The Kier molecular flexibility index (Phi) is 3.90. The van der Waals surface area contributed by atoms with Gasteiger partial charge in [0.25, 0.3) is 0 Å². The summed E-state index contributed by atoms with van der Waals surface area (Å²) in [6, 6.07) is 0.239. The second-order valence-electron chi connectivity index (χ2n) is 4.89. The van der Waals surface area contributed by atoms with E-state index in [0.29, 0.717) is 0 Å². The van der Waals surface area contributed by atoms with E-state index < -0.39 is 6.10 Å². The highest BCUT2D eigenvalue weighted by Crippen LogP contribution is 2.36. The molecule has 1 N–H and O–H groups in total. The zero-order valence-corrected chi connectivity index (χ0v) is 12.0. The van der Waals surface area contributed by atoms with Gasteiger partial charge in [-0.1, -0.05) is 0 Å². The largest absolute Gasteiger partial charge is 0.386 e. The number of aliphatic hydroxyl groups excluding tert-OH is 1. The lowest BCUT2D eigenvalue weighted by atomic mass is 9.93. The highest BCUT2D eigenvalue weighted by molar-refractivity contribution is 9.10. The second kappa shape index (κ2) is 5.08. The maximum Gasteiger partial charge on any atom is 0.102 e. The zero-order chi connectivity index (χ0) is 12.6. The SMILES string of the molecule is CC1OCCC1C(O)c1c(Br)cnn1C(C)C. The molecular weight excluding hydrogens is 284 g/mol. The summed E-state index contributed by atoms with van der Waals surface area (Å²) in [6.45, 7) is 6.87. The van der Waals surface area contributed by atoms with Gasteiger partial charge in [0, 0.05) is 18.6 Å². The summed E-state index contributed by atoms with van der Waals surface area (Å²) in [5.74, 6) is 0.153. The van der Waals surface area contributed by atoms with Crippen LogP contribution in [0.5, 0.6) is 0 Å². The summed E-state index contributed by atoms with van der Waals surface area (Å²) in [7, 11) is 0. The number of aromatic nitrogens is 2. The van der Waals surface area contributed by atoms with Crippen LogP contribution in [0.15, 0.2) is 10.7 Å². The van der Waals surface area contributed by atoms with Gasteiger partial charge in [0.05, 0.1) is 22.5 Å². The number of rotatable bonds is 3. The normalized spacial score (nSPS) is 26.7. The summed E-state index contributed by atoms with van der Waals surface area (Å²) in [4.78, 5) is 0. The van der Waals surface area contributed by atoms with Gasteiger partial charge in [0.1, 0.15) is 6.10 Å². The summed E-state index contributed by atoms with van der Waals surface area (Å²) >= 11 is 3.47. The van der Waals surface area contributed by atoms with Crippen LogP contribution >= 0.6 is 15.9 Å². The molecule has 17 heavy (non-hydrogen) atoms. The Morgan fingerprint density at radius 3 is 2.82 bits per heavy atom. The maximum atomic E-state index is 10.5. The average Bonchev–Trinajstić information content (AvgIpc) is 2.83. The van der Waals surface area contributed by atoms with Crippen LogP contribution in [0, 0.1) is 5.92 Å². The minimum Gasteiger partial charge on any atom is -0.386 e. The molecule has 0 aliphatic carbocycles. The first-order valence-corrected chi connectivity index (χ1v) is 6.84. The van der Waals surface area contributed by atoms with E-state index in [1.165, 1.54) is 0 Å². The third-order valence-corrected chi connectivity index (χ3v) is 4.01. The minimum atomic E-state index is -0.522. The van der Waals surface area contributed by atoms with Gasteiger partial charge in [0.2, 0.25) is 0 Å². The summed E-state index contributed by atoms with van der Waals surface area (Å²) in [5.41, 5.74) is 0.863. The van der Waals surface area contributed by atoms with Crippen LogP contribution in [-0.4, -0.2) is 27.6 Å². The van der Waals surface area contributed by atoms with E-state index in [9.17, 15) is 5.11 Å². The monoisotopic (exact) mass is 302 g/mol. The molecule has 0 saturated carbocycles. The van der Waals surface area contributed by atoms with Crippen LogP contribution in [-0.2, 0) is 4.74 Å². The second-order valence-corrected chi connectivity index (χ2v) is 5.74. The molecule has 0 bridgehead atoms. The van der Waals surface area contributed by atoms with Crippen LogP contribution in [0.2, 0.25) is 0 Å². The third-order valence-electron chi connectivity index (χ3n) is 3.40. The third kappa shape index (κ3) is 2.41. The highest BCUT2D eigenvalue weighted by atomic mass is 79.9. The molecule has 1 saturated heterocycles. The molecule has 1 aliphatic rings. The topological polar surface area (TPSA) is 47.3 Å². The molecule has 1 fully saturated rings. The molecule has 1 aliphatic heterocycles. The molecule has 3 atom stereocenters. The van der Waals surface area contributed by atoms with Gasteiger partial charge in [-0.15, -0.1) is 0 Å². The minimum absolute atomic E-state index is 0.104. The van der Waals surface area contributed by atoms with Crippen molar-refractivity contribution >= 4 is 15.9 Å². The number of halogens is 1. The lowest BCUT2D eigenvalue weighted by molar-refractivity contribution is 0.0378. The van der Waals surface area contributed by atoms with E-state index in [1.54, 1.807) is 6.20 Å². The van der Waals surface area contributed by atoms with Crippen molar-refractivity contribution in [2.45, 2.75) is 45.4 Å². The van der Waals surface area contributed by atoms with Crippen LogP contribution in [0.3, 0.4) is 0 Å². The van der Waals surface area contributed by atoms with E-state index in [2.05, 4.69) is 34.9 Å². The lowest BCUT2D eigenvalue weighted by Gasteiger charge is -2.23. The fraction of sp³-hybridized carbons (Fsp3) is 0.750. The zero-order valence-electron chi connectivity index (χ0n) is 10.4. The molecule has 0 amide bonds. The van der Waals surface area contributed by atoms with Crippen molar-refractivity contribution in [3.63, 3.8) is 0 Å². The molecule has 0 aromatic carbocycles. The van der Waals surface area contributed by atoms with Crippen molar-refractivity contribution < 1.29 is 9.84 Å². The molecule has 1 aromatic rings. The van der Waals surface area contributed by atoms with Crippen LogP contribution in [0.1, 0.15) is 45.0 Å². The average molecular weight is 303 g/mol. The molecule has 0 spiro atoms. The molecular formula is C12H19BrN2O2. The van der Waals surface area contributed by atoms with Gasteiger partial charge in [-0.3, -0.25) is 4.68 Å². The number of ether oxygens (including phenoxy) is 1. The van der Waals surface area contributed by atoms with Crippen molar-refractivity contribution in [3.05, 3.63) is 16.4 Å². The smallest absolute Gasteiger partial charge is 0.102 e. The first-order chi connectivity index (χ1) is 8.02. The number of hydrogen-bond acceptors (Lipinski definition) is 3. The molecule has 4 nitrogen and oxygen atoms in total.